The zero-order valence-corrected chi connectivity index (χ0v) is 9.83. The van der Waals surface area contributed by atoms with E-state index in [1.807, 2.05) is 35.2 Å². The Morgan fingerprint density at radius 3 is 2.58 bits per heavy atom. The molecule has 0 saturated carbocycles. The lowest BCUT2D eigenvalue weighted by Crippen LogP contribution is -2.15. The Kier molecular flexibility index (Phi) is 2.45. The third kappa shape index (κ3) is 1.72. The van der Waals surface area contributed by atoms with E-state index < -0.39 is 11.4 Å². The summed E-state index contributed by atoms with van der Waals surface area (Å²) in [5, 5.41) is 9.32. The van der Waals surface area contributed by atoms with Gasteiger partial charge in [0.05, 0.1) is 11.2 Å². The van der Waals surface area contributed by atoms with Crippen LogP contribution in [-0.4, -0.2) is 20.6 Å². The average Bonchev–Trinajstić information content (AvgIpc) is 2.92. The quantitative estimate of drug-likeness (QED) is 0.734. The lowest BCUT2D eigenvalue weighted by Gasteiger charge is -2.07. The van der Waals surface area contributed by atoms with Crippen LogP contribution in [0.1, 0.15) is 10.4 Å². The normalized spacial score (nSPS) is 10.7. The first kappa shape index (κ1) is 11.3. The maximum atomic E-state index is 12.1. The Morgan fingerprint density at radius 2 is 1.89 bits per heavy atom. The van der Waals surface area contributed by atoms with Crippen molar-refractivity contribution in [3.63, 3.8) is 0 Å². The van der Waals surface area contributed by atoms with Crippen molar-refractivity contribution in [1.82, 2.24) is 9.55 Å². The summed E-state index contributed by atoms with van der Waals surface area (Å²) in [6.07, 6.45) is 4.95. The largest absolute Gasteiger partial charge is 0.477 e. The molecule has 0 aliphatic rings. The molecule has 5 nitrogen and oxygen atoms in total. The van der Waals surface area contributed by atoms with E-state index in [0.29, 0.717) is 10.9 Å². The summed E-state index contributed by atoms with van der Waals surface area (Å²) >= 11 is 0. The van der Waals surface area contributed by atoms with Crippen molar-refractivity contribution in [2.24, 2.45) is 0 Å². The average molecular weight is 254 g/mol. The molecule has 0 aliphatic heterocycles. The summed E-state index contributed by atoms with van der Waals surface area (Å²) in [4.78, 5) is 25.9. The summed E-state index contributed by atoms with van der Waals surface area (Å²) in [7, 11) is 0. The fraction of sp³-hybridized carbons (Fsp3) is 0. The van der Waals surface area contributed by atoms with Crippen LogP contribution in [0.4, 0.5) is 0 Å². The van der Waals surface area contributed by atoms with E-state index in [4.69, 9.17) is 5.11 Å². The third-order valence-electron chi connectivity index (χ3n) is 3.01. The number of fused-ring (bicyclic) bond motifs is 1. The molecule has 0 saturated heterocycles. The molecular weight excluding hydrogens is 244 g/mol. The van der Waals surface area contributed by atoms with Gasteiger partial charge in [-0.25, -0.2) is 4.79 Å². The third-order valence-corrected chi connectivity index (χ3v) is 3.01. The molecule has 0 amide bonds. The number of aromatic nitrogens is 2. The monoisotopic (exact) mass is 254 g/mol. The minimum atomic E-state index is -1.23. The number of aromatic amines is 1. The summed E-state index contributed by atoms with van der Waals surface area (Å²) in [5.74, 6) is -1.23. The fourth-order valence-corrected chi connectivity index (χ4v) is 2.11. The number of hydrogen-bond acceptors (Lipinski definition) is 2. The Balaban J connectivity index is 2.37. The minimum Gasteiger partial charge on any atom is -0.477 e. The Labute approximate surface area is 107 Å². The molecule has 19 heavy (non-hydrogen) atoms. The molecule has 2 N–H and O–H groups in total. The highest BCUT2D eigenvalue weighted by Crippen LogP contribution is 2.18. The molecule has 0 aliphatic carbocycles. The van der Waals surface area contributed by atoms with Gasteiger partial charge in [-0.2, -0.15) is 0 Å². The van der Waals surface area contributed by atoms with Gasteiger partial charge < -0.3 is 14.7 Å². The second kappa shape index (κ2) is 4.13. The van der Waals surface area contributed by atoms with Crippen LogP contribution in [0.25, 0.3) is 16.6 Å². The number of pyridine rings is 1. The van der Waals surface area contributed by atoms with Crippen LogP contribution in [0, 0.1) is 0 Å². The summed E-state index contributed by atoms with van der Waals surface area (Å²) in [6.45, 7) is 0. The van der Waals surface area contributed by atoms with Gasteiger partial charge in [-0.15, -0.1) is 0 Å². The van der Waals surface area contributed by atoms with E-state index in [0.717, 1.165) is 5.69 Å². The Morgan fingerprint density at radius 1 is 1.16 bits per heavy atom. The molecule has 0 bridgehead atoms. The van der Waals surface area contributed by atoms with Gasteiger partial charge in [0.25, 0.3) is 0 Å². The van der Waals surface area contributed by atoms with Crippen molar-refractivity contribution in [1.29, 1.82) is 0 Å². The van der Waals surface area contributed by atoms with E-state index in [-0.39, 0.29) is 5.56 Å². The Hall–Kier alpha value is -2.82. The lowest BCUT2D eigenvalue weighted by molar-refractivity contribution is 0.0695. The lowest BCUT2D eigenvalue weighted by atomic mass is 10.1. The van der Waals surface area contributed by atoms with Crippen molar-refractivity contribution in [2.45, 2.75) is 0 Å². The zero-order chi connectivity index (χ0) is 13.4. The maximum absolute atomic E-state index is 12.1. The predicted octanol–water partition coefficient (Wildman–Crippen LogP) is 2.02. The molecular formula is C14H10N2O3. The maximum Gasteiger partial charge on any atom is 0.341 e. The summed E-state index contributed by atoms with van der Waals surface area (Å²) in [5.41, 5.74) is 0.692. The highest BCUT2D eigenvalue weighted by Gasteiger charge is 2.13. The highest BCUT2D eigenvalue weighted by molar-refractivity contribution is 5.94. The molecule has 0 atom stereocenters. The molecule has 3 rings (SSSR count). The molecule has 0 unspecified atom stereocenters. The first-order chi connectivity index (χ1) is 9.18. The van der Waals surface area contributed by atoms with E-state index in [1.165, 1.54) is 6.20 Å². The molecule has 1 aromatic carbocycles. The van der Waals surface area contributed by atoms with Gasteiger partial charge in [-0.1, -0.05) is 6.07 Å². The SMILES string of the molecule is O=C(O)c1c[nH]c2c(-n3cccc3)cccc2c1=O. The molecule has 94 valence electrons. The number of carboxylic acids is 1. The van der Waals surface area contributed by atoms with Crippen LogP contribution in [0.2, 0.25) is 0 Å². The van der Waals surface area contributed by atoms with Crippen LogP contribution < -0.4 is 5.43 Å². The second-order valence-electron chi connectivity index (χ2n) is 4.13. The van der Waals surface area contributed by atoms with Crippen LogP contribution in [0.5, 0.6) is 0 Å². The van der Waals surface area contributed by atoms with Crippen LogP contribution in [0.3, 0.4) is 0 Å². The number of benzene rings is 1. The number of H-pyrrole nitrogens is 1. The summed E-state index contributed by atoms with van der Waals surface area (Å²) < 4.78 is 1.86. The van der Waals surface area contributed by atoms with Gasteiger partial charge >= 0.3 is 5.97 Å². The number of para-hydroxylation sites is 1. The Bertz CT molecular complexity index is 816. The van der Waals surface area contributed by atoms with Crippen molar-refractivity contribution < 1.29 is 9.90 Å². The van der Waals surface area contributed by atoms with E-state index in [1.54, 1.807) is 12.1 Å². The van der Waals surface area contributed by atoms with Crippen LogP contribution >= 0.6 is 0 Å². The van der Waals surface area contributed by atoms with Gasteiger partial charge in [0.2, 0.25) is 5.43 Å². The molecule has 2 aromatic heterocycles. The number of carboxylic acid groups (broad SMARTS) is 1. The topological polar surface area (TPSA) is 75.1 Å². The smallest absolute Gasteiger partial charge is 0.341 e. The van der Waals surface area contributed by atoms with Gasteiger partial charge in [0.1, 0.15) is 5.56 Å². The summed E-state index contributed by atoms with van der Waals surface area (Å²) in [6, 6.07) is 8.97. The van der Waals surface area contributed by atoms with Crippen molar-refractivity contribution in [3.8, 4) is 5.69 Å². The molecule has 0 radical (unpaired) electrons. The number of nitrogens with zero attached hydrogens (tertiary/aromatic N) is 1. The van der Waals surface area contributed by atoms with E-state index >= 15 is 0 Å². The number of rotatable bonds is 2. The standard InChI is InChI=1S/C14H10N2O3/c17-13-9-4-3-5-11(16-6-1-2-7-16)12(9)15-8-10(13)14(18)19/h1-8H,(H,15,17)(H,18,19). The number of carbonyl (C=O) groups is 1. The first-order valence-corrected chi connectivity index (χ1v) is 5.69. The first-order valence-electron chi connectivity index (χ1n) is 5.69. The number of nitrogens with one attached hydrogen (secondary N) is 1. The molecule has 2 heterocycles. The predicted molar refractivity (Wildman–Crippen MR) is 70.9 cm³/mol. The van der Waals surface area contributed by atoms with Gasteiger partial charge in [-0.05, 0) is 24.3 Å². The number of hydrogen-bond donors (Lipinski definition) is 2. The second-order valence-corrected chi connectivity index (χ2v) is 4.13. The van der Waals surface area contributed by atoms with Crippen LogP contribution in [-0.2, 0) is 0 Å². The molecule has 0 spiro atoms. The molecule has 5 heteroatoms. The van der Waals surface area contributed by atoms with Crippen molar-refractivity contribution in [3.05, 3.63) is 64.7 Å². The minimum absolute atomic E-state index is 0.253. The van der Waals surface area contributed by atoms with Gasteiger partial charge in [-0.3, -0.25) is 4.79 Å². The zero-order valence-electron chi connectivity index (χ0n) is 9.83. The van der Waals surface area contributed by atoms with Crippen molar-refractivity contribution >= 4 is 16.9 Å². The molecule has 0 fully saturated rings. The fourth-order valence-electron chi connectivity index (χ4n) is 2.11. The van der Waals surface area contributed by atoms with Gasteiger partial charge in [0.15, 0.2) is 0 Å². The van der Waals surface area contributed by atoms with Crippen molar-refractivity contribution in [2.75, 3.05) is 0 Å². The highest BCUT2D eigenvalue weighted by atomic mass is 16.4. The van der Waals surface area contributed by atoms with E-state index in [9.17, 15) is 9.59 Å². The van der Waals surface area contributed by atoms with Gasteiger partial charge in [0, 0.05) is 24.0 Å². The molecule has 3 aromatic rings. The van der Waals surface area contributed by atoms with Crippen LogP contribution in [0.15, 0.2) is 53.7 Å². The van der Waals surface area contributed by atoms with E-state index in [2.05, 4.69) is 4.98 Å². The number of aromatic carboxylic acids is 1.